The van der Waals surface area contributed by atoms with Crippen molar-refractivity contribution in [1.29, 1.82) is 0 Å². The second kappa shape index (κ2) is 6.95. The Hall–Kier alpha value is -2.61. The highest BCUT2D eigenvalue weighted by molar-refractivity contribution is 6.29. The van der Waals surface area contributed by atoms with E-state index in [1.807, 2.05) is 12.1 Å². The summed E-state index contributed by atoms with van der Waals surface area (Å²) in [5.41, 5.74) is 2.07. The van der Waals surface area contributed by atoms with Crippen molar-refractivity contribution in [1.82, 2.24) is 25.3 Å². The predicted molar refractivity (Wildman–Crippen MR) is 98.8 cm³/mol. The van der Waals surface area contributed by atoms with E-state index in [0.717, 1.165) is 11.4 Å². The molecule has 0 radical (unpaired) electrons. The number of halogens is 1. The Morgan fingerprint density at radius 1 is 1.23 bits per heavy atom. The molecule has 0 aromatic carbocycles. The lowest BCUT2D eigenvalue weighted by Gasteiger charge is -2.06. The summed E-state index contributed by atoms with van der Waals surface area (Å²) in [5.74, 6) is 3.34. The SMILES string of the molecule is CC(C)c1cc(CNc2nc(Cl)cc(Nc3cc(C4CC4)[nH]n3)n2)on1. The summed E-state index contributed by atoms with van der Waals surface area (Å²) in [6.45, 7) is 4.56. The van der Waals surface area contributed by atoms with Crippen molar-refractivity contribution in [3.63, 3.8) is 0 Å². The number of rotatable bonds is 7. The largest absolute Gasteiger partial charge is 0.359 e. The highest BCUT2D eigenvalue weighted by atomic mass is 35.5. The average molecular weight is 374 g/mol. The standard InChI is InChI=1S/C17H20ClN7O/c1-9(2)12-5-11(26-25-12)8-19-17-20-14(18)7-15(22-17)21-16-6-13(23-24-16)10-3-4-10/h5-7,9-10H,3-4,8H2,1-2H3,(H3,19,20,21,22,23,24). The van der Waals surface area contributed by atoms with Gasteiger partial charge in [-0.05, 0) is 18.8 Å². The van der Waals surface area contributed by atoms with Crippen LogP contribution < -0.4 is 10.6 Å². The second-order valence-corrected chi connectivity index (χ2v) is 7.12. The fraction of sp³-hybridized carbons (Fsp3) is 0.412. The van der Waals surface area contributed by atoms with Gasteiger partial charge in [-0.1, -0.05) is 30.6 Å². The van der Waals surface area contributed by atoms with Gasteiger partial charge in [0.15, 0.2) is 11.6 Å². The molecule has 0 unspecified atom stereocenters. The first-order valence-corrected chi connectivity index (χ1v) is 9.01. The molecule has 136 valence electrons. The van der Waals surface area contributed by atoms with E-state index in [0.29, 0.717) is 46.9 Å². The highest BCUT2D eigenvalue weighted by Crippen LogP contribution is 2.39. The summed E-state index contributed by atoms with van der Waals surface area (Å²) < 4.78 is 5.30. The number of H-pyrrole nitrogens is 1. The number of hydrogen-bond donors (Lipinski definition) is 3. The Bertz CT molecular complexity index is 900. The van der Waals surface area contributed by atoms with Gasteiger partial charge in [0.2, 0.25) is 5.95 Å². The summed E-state index contributed by atoms with van der Waals surface area (Å²) in [6, 6.07) is 5.58. The van der Waals surface area contributed by atoms with Crippen molar-refractivity contribution >= 4 is 29.2 Å². The molecule has 3 aromatic heterocycles. The number of aromatic amines is 1. The molecule has 0 aliphatic heterocycles. The van der Waals surface area contributed by atoms with Crippen molar-refractivity contribution in [3.05, 3.63) is 40.5 Å². The fourth-order valence-corrected chi connectivity index (χ4v) is 2.73. The minimum absolute atomic E-state index is 0.320. The second-order valence-electron chi connectivity index (χ2n) is 6.73. The van der Waals surface area contributed by atoms with E-state index in [2.05, 4.69) is 49.8 Å². The maximum atomic E-state index is 6.11. The number of aromatic nitrogens is 5. The van der Waals surface area contributed by atoms with Gasteiger partial charge >= 0.3 is 0 Å². The third-order valence-electron chi connectivity index (χ3n) is 4.16. The molecule has 9 heteroatoms. The van der Waals surface area contributed by atoms with Gasteiger partial charge in [-0.2, -0.15) is 10.1 Å². The van der Waals surface area contributed by atoms with Crippen LogP contribution in [0.5, 0.6) is 0 Å². The fourth-order valence-electron chi connectivity index (χ4n) is 2.55. The average Bonchev–Trinajstić information content (AvgIpc) is 3.15. The van der Waals surface area contributed by atoms with Crippen molar-refractivity contribution in [3.8, 4) is 0 Å². The molecular weight excluding hydrogens is 354 g/mol. The van der Waals surface area contributed by atoms with Crippen molar-refractivity contribution in [2.24, 2.45) is 0 Å². The first kappa shape index (κ1) is 16.8. The molecule has 8 nitrogen and oxygen atoms in total. The van der Waals surface area contributed by atoms with Crippen molar-refractivity contribution in [2.45, 2.75) is 45.1 Å². The topological polar surface area (TPSA) is 105 Å². The van der Waals surface area contributed by atoms with E-state index in [4.69, 9.17) is 16.1 Å². The Morgan fingerprint density at radius 2 is 2.08 bits per heavy atom. The van der Waals surface area contributed by atoms with Crippen LogP contribution in [0, 0.1) is 0 Å². The molecule has 0 atom stereocenters. The van der Waals surface area contributed by atoms with Crippen LogP contribution in [0.1, 0.15) is 55.7 Å². The summed E-state index contributed by atoms with van der Waals surface area (Å²) in [6.07, 6.45) is 2.43. The lowest BCUT2D eigenvalue weighted by Crippen LogP contribution is -2.05. The first-order chi connectivity index (χ1) is 12.6. The van der Waals surface area contributed by atoms with Gasteiger partial charge in [-0.15, -0.1) is 0 Å². The number of nitrogens with one attached hydrogen (secondary N) is 3. The maximum Gasteiger partial charge on any atom is 0.226 e. The molecule has 0 bridgehead atoms. The minimum atomic E-state index is 0.320. The molecule has 3 heterocycles. The summed E-state index contributed by atoms with van der Waals surface area (Å²) in [7, 11) is 0. The van der Waals surface area contributed by atoms with Crippen LogP contribution in [0.2, 0.25) is 5.15 Å². The molecule has 4 rings (SSSR count). The molecule has 0 saturated heterocycles. The van der Waals surface area contributed by atoms with Crippen LogP contribution in [-0.4, -0.2) is 25.3 Å². The number of anilines is 3. The Balaban J connectivity index is 1.42. The molecule has 3 N–H and O–H groups in total. The van der Waals surface area contributed by atoms with E-state index < -0.39 is 0 Å². The van der Waals surface area contributed by atoms with Crippen molar-refractivity contribution < 1.29 is 4.52 Å². The summed E-state index contributed by atoms with van der Waals surface area (Å²) in [4.78, 5) is 8.61. The molecular formula is C17H20ClN7O. The zero-order valence-corrected chi connectivity index (χ0v) is 15.3. The van der Waals surface area contributed by atoms with Crippen LogP contribution in [0.15, 0.2) is 22.7 Å². The lowest BCUT2D eigenvalue weighted by atomic mass is 10.1. The zero-order valence-electron chi connectivity index (χ0n) is 14.6. The van der Waals surface area contributed by atoms with Gasteiger partial charge in [0, 0.05) is 29.8 Å². The Morgan fingerprint density at radius 3 is 2.81 bits per heavy atom. The van der Waals surface area contributed by atoms with E-state index in [1.54, 1.807) is 6.07 Å². The van der Waals surface area contributed by atoms with Gasteiger partial charge in [-0.25, -0.2) is 4.98 Å². The van der Waals surface area contributed by atoms with E-state index >= 15 is 0 Å². The monoisotopic (exact) mass is 373 g/mol. The van der Waals surface area contributed by atoms with Gasteiger partial charge < -0.3 is 15.2 Å². The molecule has 26 heavy (non-hydrogen) atoms. The Labute approximate surface area is 155 Å². The molecule has 3 aromatic rings. The summed E-state index contributed by atoms with van der Waals surface area (Å²) >= 11 is 6.11. The van der Waals surface area contributed by atoms with Crippen LogP contribution >= 0.6 is 11.6 Å². The van der Waals surface area contributed by atoms with Crippen LogP contribution in [0.25, 0.3) is 0 Å². The number of nitrogens with zero attached hydrogens (tertiary/aromatic N) is 4. The van der Waals surface area contributed by atoms with Crippen molar-refractivity contribution in [2.75, 3.05) is 10.6 Å². The van der Waals surface area contributed by atoms with E-state index in [-0.39, 0.29) is 0 Å². The van der Waals surface area contributed by atoms with Gasteiger partial charge in [0.05, 0.1) is 12.2 Å². The third-order valence-corrected chi connectivity index (χ3v) is 4.35. The molecule has 0 spiro atoms. The molecule has 1 aliphatic rings. The lowest BCUT2D eigenvalue weighted by molar-refractivity contribution is 0.379. The van der Waals surface area contributed by atoms with Crippen LogP contribution in [0.4, 0.5) is 17.6 Å². The number of hydrogen-bond acceptors (Lipinski definition) is 7. The summed E-state index contributed by atoms with van der Waals surface area (Å²) in [5, 5.41) is 17.9. The molecule has 1 fully saturated rings. The smallest absolute Gasteiger partial charge is 0.226 e. The first-order valence-electron chi connectivity index (χ1n) is 8.63. The molecule has 1 aliphatic carbocycles. The molecule has 1 saturated carbocycles. The third kappa shape index (κ3) is 3.96. The van der Waals surface area contributed by atoms with Crippen LogP contribution in [-0.2, 0) is 6.54 Å². The zero-order chi connectivity index (χ0) is 18.1. The quantitative estimate of drug-likeness (QED) is 0.533. The maximum absolute atomic E-state index is 6.11. The highest BCUT2D eigenvalue weighted by Gasteiger charge is 2.25. The molecule has 0 amide bonds. The van der Waals surface area contributed by atoms with E-state index in [1.165, 1.54) is 12.8 Å². The van der Waals surface area contributed by atoms with E-state index in [9.17, 15) is 0 Å². The Kier molecular flexibility index (Phi) is 4.50. The van der Waals surface area contributed by atoms with Gasteiger partial charge in [0.25, 0.3) is 0 Å². The normalized spacial score (nSPS) is 14.0. The minimum Gasteiger partial charge on any atom is -0.359 e. The van der Waals surface area contributed by atoms with Crippen LogP contribution in [0.3, 0.4) is 0 Å². The van der Waals surface area contributed by atoms with Gasteiger partial charge in [-0.3, -0.25) is 5.10 Å². The predicted octanol–water partition coefficient (Wildman–Crippen LogP) is 4.20. The van der Waals surface area contributed by atoms with Gasteiger partial charge in [0.1, 0.15) is 11.0 Å².